The number of benzene rings is 2. The number of anilines is 1. The number of piperidine rings is 1. The molecule has 3 nitrogen and oxygen atoms in total. The molecule has 3 rings (SSSR count). The van der Waals surface area contributed by atoms with Crippen LogP contribution in [0.1, 0.15) is 18.4 Å². The molecule has 0 spiro atoms. The number of ether oxygens (including phenoxy) is 1. The quantitative estimate of drug-likeness (QED) is 0.849. The van der Waals surface area contributed by atoms with Crippen LogP contribution in [0.2, 0.25) is 0 Å². The van der Waals surface area contributed by atoms with Crippen LogP contribution in [0.4, 0.5) is 18.9 Å². The summed E-state index contributed by atoms with van der Waals surface area (Å²) < 4.78 is 40.9. The van der Waals surface area contributed by atoms with E-state index in [0.29, 0.717) is 5.69 Å². The third-order valence-electron chi connectivity index (χ3n) is 4.27. The molecule has 0 saturated carbocycles. The number of nitrogens with zero attached hydrogens (tertiary/aromatic N) is 1. The second kappa shape index (κ2) is 7.78. The van der Waals surface area contributed by atoms with E-state index in [4.69, 9.17) is 0 Å². The van der Waals surface area contributed by atoms with Crippen molar-refractivity contribution in [2.24, 2.45) is 0 Å². The minimum absolute atomic E-state index is 0.195. The Labute approximate surface area is 145 Å². The van der Waals surface area contributed by atoms with Crippen molar-refractivity contribution in [1.82, 2.24) is 4.90 Å². The van der Waals surface area contributed by atoms with Crippen molar-refractivity contribution in [3.05, 3.63) is 60.2 Å². The van der Waals surface area contributed by atoms with E-state index in [2.05, 4.69) is 27.1 Å². The molecule has 0 aliphatic carbocycles. The van der Waals surface area contributed by atoms with Crippen molar-refractivity contribution in [1.29, 1.82) is 0 Å². The number of hydrogen-bond acceptors (Lipinski definition) is 3. The standard InChI is InChI=1S/C19H21F3N2O/c20-19(21,22)25-18-8-4-7-17(13-18)23-16-9-11-24(12-10-16)14-15-5-2-1-3-6-15/h1-8,13,16,23H,9-12,14H2. The highest BCUT2D eigenvalue weighted by atomic mass is 19.4. The number of likely N-dealkylation sites (tertiary alicyclic amines) is 1. The van der Waals surface area contributed by atoms with Crippen LogP contribution in [-0.2, 0) is 6.54 Å². The fourth-order valence-electron chi connectivity index (χ4n) is 3.10. The topological polar surface area (TPSA) is 24.5 Å². The van der Waals surface area contributed by atoms with Gasteiger partial charge in [-0.15, -0.1) is 13.2 Å². The van der Waals surface area contributed by atoms with Crippen molar-refractivity contribution >= 4 is 5.69 Å². The molecule has 1 heterocycles. The first-order chi connectivity index (χ1) is 12.0. The molecule has 0 bridgehead atoms. The van der Waals surface area contributed by atoms with Crippen LogP contribution in [0.15, 0.2) is 54.6 Å². The second-order valence-electron chi connectivity index (χ2n) is 6.26. The van der Waals surface area contributed by atoms with Crippen LogP contribution in [0.25, 0.3) is 0 Å². The third kappa shape index (κ3) is 5.67. The Bertz CT molecular complexity index is 668. The molecule has 1 aliphatic heterocycles. The molecule has 1 N–H and O–H groups in total. The molecule has 25 heavy (non-hydrogen) atoms. The van der Waals surface area contributed by atoms with Gasteiger partial charge in [0, 0.05) is 37.4 Å². The van der Waals surface area contributed by atoms with Gasteiger partial charge in [-0.3, -0.25) is 4.90 Å². The van der Waals surface area contributed by atoms with Gasteiger partial charge in [-0.25, -0.2) is 0 Å². The molecule has 1 aliphatic rings. The molecule has 1 fully saturated rings. The lowest BCUT2D eigenvalue weighted by molar-refractivity contribution is -0.274. The second-order valence-corrected chi connectivity index (χ2v) is 6.26. The van der Waals surface area contributed by atoms with Gasteiger partial charge in [0.1, 0.15) is 5.75 Å². The summed E-state index contributed by atoms with van der Waals surface area (Å²) >= 11 is 0. The lowest BCUT2D eigenvalue weighted by Crippen LogP contribution is -2.38. The normalized spacial score (nSPS) is 16.6. The maximum Gasteiger partial charge on any atom is 0.573 e. The molecule has 0 amide bonds. The minimum Gasteiger partial charge on any atom is -0.406 e. The first-order valence-corrected chi connectivity index (χ1v) is 8.36. The molecule has 6 heteroatoms. The van der Waals surface area contributed by atoms with Gasteiger partial charge in [0.15, 0.2) is 0 Å². The molecule has 2 aromatic rings. The summed E-state index contributed by atoms with van der Waals surface area (Å²) in [5.41, 5.74) is 1.95. The molecule has 0 radical (unpaired) electrons. The number of halogens is 3. The van der Waals surface area contributed by atoms with Crippen molar-refractivity contribution in [3.8, 4) is 5.75 Å². The van der Waals surface area contributed by atoms with E-state index in [1.54, 1.807) is 12.1 Å². The zero-order chi connectivity index (χ0) is 17.7. The summed E-state index contributed by atoms with van der Waals surface area (Å²) in [5.74, 6) is -0.195. The third-order valence-corrected chi connectivity index (χ3v) is 4.27. The van der Waals surface area contributed by atoms with Gasteiger partial charge in [0.25, 0.3) is 0 Å². The number of hydrogen-bond donors (Lipinski definition) is 1. The maximum absolute atomic E-state index is 12.3. The van der Waals surface area contributed by atoms with E-state index in [0.717, 1.165) is 32.5 Å². The summed E-state index contributed by atoms with van der Waals surface area (Å²) in [4.78, 5) is 2.40. The van der Waals surface area contributed by atoms with Crippen molar-refractivity contribution in [2.45, 2.75) is 31.8 Å². The Morgan fingerprint density at radius 3 is 2.40 bits per heavy atom. The van der Waals surface area contributed by atoms with Gasteiger partial charge < -0.3 is 10.1 Å². The molecule has 1 saturated heterocycles. The molecule has 0 atom stereocenters. The van der Waals surface area contributed by atoms with Gasteiger partial charge in [-0.05, 0) is 30.5 Å². The summed E-state index contributed by atoms with van der Waals surface area (Å²) in [5, 5.41) is 3.32. The molecule has 0 aromatic heterocycles. The summed E-state index contributed by atoms with van der Waals surface area (Å²) in [6.07, 6.45) is -2.75. The Balaban J connectivity index is 1.50. The Morgan fingerprint density at radius 2 is 1.72 bits per heavy atom. The summed E-state index contributed by atoms with van der Waals surface area (Å²) in [7, 11) is 0. The zero-order valence-corrected chi connectivity index (χ0v) is 13.8. The minimum atomic E-state index is -4.67. The van der Waals surface area contributed by atoms with Crippen LogP contribution in [-0.4, -0.2) is 30.4 Å². The molecular formula is C19H21F3N2O. The maximum atomic E-state index is 12.3. The van der Waals surface area contributed by atoms with E-state index in [9.17, 15) is 13.2 Å². The van der Waals surface area contributed by atoms with Crippen LogP contribution in [0.5, 0.6) is 5.75 Å². The highest BCUT2D eigenvalue weighted by Crippen LogP contribution is 2.26. The van der Waals surface area contributed by atoms with E-state index in [1.165, 1.54) is 17.7 Å². The van der Waals surface area contributed by atoms with E-state index >= 15 is 0 Å². The van der Waals surface area contributed by atoms with Gasteiger partial charge in [-0.1, -0.05) is 36.4 Å². The highest BCUT2D eigenvalue weighted by molar-refractivity contribution is 5.49. The SMILES string of the molecule is FC(F)(F)Oc1cccc(NC2CCN(Cc3ccccc3)CC2)c1. The van der Waals surface area contributed by atoms with E-state index in [-0.39, 0.29) is 11.8 Å². The Hall–Kier alpha value is -2.21. The summed E-state index contributed by atoms with van der Waals surface area (Å²) in [6.45, 7) is 2.86. The molecule has 134 valence electrons. The van der Waals surface area contributed by atoms with E-state index in [1.807, 2.05) is 18.2 Å². The van der Waals surface area contributed by atoms with Crippen LogP contribution in [0.3, 0.4) is 0 Å². The van der Waals surface area contributed by atoms with Gasteiger partial charge in [0.2, 0.25) is 0 Å². The van der Waals surface area contributed by atoms with Crippen LogP contribution >= 0.6 is 0 Å². The highest BCUT2D eigenvalue weighted by Gasteiger charge is 2.31. The Morgan fingerprint density at radius 1 is 1.00 bits per heavy atom. The zero-order valence-electron chi connectivity index (χ0n) is 13.8. The van der Waals surface area contributed by atoms with Gasteiger partial charge >= 0.3 is 6.36 Å². The predicted octanol–water partition coefficient (Wildman–Crippen LogP) is 4.66. The van der Waals surface area contributed by atoms with Crippen molar-refractivity contribution in [3.63, 3.8) is 0 Å². The van der Waals surface area contributed by atoms with Crippen molar-refractivity contribution < 1.29 is 17.9 Å². The van der Waals surface area contributed by atoms with E-state index < -0.39 is 6.36 Å². The first-order valence-electron chi connectivity index (χ1n) is 8.36. The smallest absolute Gasteiger partial charge is 0.406 e. The molecular weight excluding hydrogens is 329 g/mol. The fraction of sp³-hybridized carbons (Fsp3) is 0.368. The summed E-state index contributed by atoms with van der Waals surface area (Å²) in [6, 6.07) is 16.6. The fourth-order valence-corrected chi connectivity index (χ4v) is 3.10. The van der Waals surface area contributed by atoms with Crippen LogP contribution < -0.4 is 10.1 Å². The number of nitrogens with one attached hydrogen (secondary N) is 1. The van der Waals surface area contributed by atoms with Gasteiger partial charge in [0.05, 0.1) is 0 Å². The number of alkyl halides is 3. The lowest BCUT2D eigenvalue weighted by atomic mass is 10.0. The lowest BCUT2D eigenvalue weighted by Gasteiger charge is -2.33. The Kier molecular flexibility index (Phi) is 5.48. The molecule has 0 unspecified atom stereocenters. The average molecular weight is 350 g/mol. The number of rotatable bonds is 5. The van der Waals surface area contributed by atoms with Gasteiger partial charge in [-0.2, -0.15) is 0 Å². The first kappa shape index (κ1) is 17.6. The predicted molar refractivity (Wildman–Crippen MR) is 91.5 cm³/mol. The monoisotopic (exact) mass is 350 g/mol. The largest absolute Gasteiger partial charge is 0.573 e. The van der Waals surface area contributed by atoms with Crippen LogP contribution in [0, 0.1) is 0 Å². The molecule has 2 aromatic carbocycles. The average Bonchev–Trinajstić information content (AvgIpc) is 2.56. The van der Waals surface area contributed by atoms with Crippen molar-refractivity contribution in [2.75, 3.05) is 18.4 Å².